The van der Waals surface area contributed by atoms with Crippen LogP contribution < -0.4 is 9.22 Å². The Morgan fingerprint density at radius 2 is 1.86 bits per heavy atom. The predicted molar refractivity (Wildman–Crippen MR) is 135 cm³/mol. The van der Waals surface area contributed by atoms with E-state index in [4.69, 9.17) is 4.74 Å². The summed E-state index contributed by atoms with van der Waals surface area (Å²) in [4.78, 5) is 16.5. The molecule has 5 nitrogen and oxygen atoms in total. The average Bonchev–Trinajstić information content (AvgIpc) is 3.21. The fourth-order valence-electron chi connectivity index (χ4n) is 4.16. The van der Waals surface area contributed by atoms with Crippen molar-refractivity contribution < 1.29 is 23.4 Å². The summed E-state index contributed by atoms with van der Waals surface area (Å²) >= 11 is 0. The van der Waals surface area contributed by atoms with Crippen molar-refractivity contribution in [3.63, 3.8) is 0 Å². The largest absolute Gasteiger partial charge is 0.491 e. The number of aliphatic hydroxyl groups is 1. The molecule has 35 heavy (non-hydrogen) atoms. The highest BCUT2D eigenvalue weighted by molar-refractivity contribution is 6.09. The number of aromatic nitrogens is 1. The molecule has 0 atom stereocenters. The monoisotopic (exact) mass is 479 g/mol. The zero-order valence-corrected chi connectivity index (χ0v) is 20.3. The maximum absolute atomic E-state index is 14.7. The van der Waals surface area contributed by atoms with Gasteiger partial charge in [-0.3, -0.25) is 9.28 Å². The van der Waals surface area contributed by atoms with Gasteiger partial charge >= 0.3 is 0 Å². The predicted octanol–water partition coefficient (Wildman–Crippen LogP) is 5.41. The lowest BCUT2D eigenvalue weighted by molar-refractivity contribution is 0.0993. The van der Waals surface area contributed by atoms with Crippen molar-refractivity contribution in [1.29, 1.82) is 0 Å². The number of ketones is 1. The number of fused-ring (bicyclic) bond motifs is 1. The number of nitrogens with zero attached hydrogens (tertiary/aromatic N) is 1. The Morgan fingerprint density at radius 3 is 2.57 bits per heavy atom. The van der Waals surface area contributed by atoms with Gasteiger partial charge in [-0.15, -0.1) is 0 Å². The standard InChI is InChI=1S/C28H28F2N2O3/c1-17-10-22-24(16-31-26(22)15-25(17)30)27(34)14-23-21(12-19(29)13-28(23)35-9-8-33)18-6-5-7-20(11-18)32(2,3)4/h5-7,10-13,15-16,33H,8-9,14H2,1-4H3/p+1. The van der Waals surface area contributed by atoms with Crippen LogP contribution in [0.2, 0.25) is 0 Å². The number of aromatic amines is 1. The summed E-state index contributed by atoms with van der Waals surface area (Å²) in [6, 6.07) is 13.4. The van der Waals surface area contributed by atoms with E-state index in [9.17, 15) is 18.7 Å². The van der Waals surface area contributed by atoms with Crippen LogP contribution in [-0.2, 0) is 6.42 Å². The van der Waals surface area contributed by atoms with E-state index >= 15 is 0 Å². The van der Waals surface area contributed by atoms with Crippen LogP contribution in [0.15, 0.2) is 54.7 Å². The number of hydrogen-bond donors (Lipinski definition) is 2. The smallest absolute Gasteiger partial charge is 0.169 e. The minimum absolute atomic E-state index is 0.0332. The van der Waals surface area contributed by atoms with Gasteiger partial charge in [0.15, 0.2) is 5.78 Å². The second kappa shape index (κ2) is 9.60. The molecule has 1 aromatic heterocycles. The lowest BCUT2D eigenvalue weighted by atomic mass is 9.92. The first kappa shape index (κ1) is 24.6. The van der Waals surface area contributed by atoms with E-state index in [0.717, 1.165) is 11.3 Å². The van der Waals surface area contributed by atoms with Gasteiger partial charge in [0.1, 0.15) is 29.7 Å². The number of nitrogens with one attached hydrogen (secondary N) is 1. The molecule has 0 fully saturated rings. The van der Waals surface area contributed by atoms with E-state index in [1.165, 1.54) is 18.2 Å². The maximum atomic E-state index is 14.7. The minimum Gasteiger partial charge on any atom is -0.491 e. The summed E-state index contributed by atoms with van der Waals surface area (Å²) in [6.07, 6.45) is 1.51. The molecule has 2 N–H and O–H groups in total. The summed E-state index contributed by atoms with van der Waals surface area (Å²) in [5, 5.41) is 9.90. The van der Waals surface area contributed by atoms with Gasteiger partial charge in [0.25, 0.3) is 0 Å². The highest BCUT2D eigenvalue weighted by Gasteiger charge is 2.22. The highest BCUT2D eigenvalue weighted by atomic mass is 19.1. The number of ether oxygens (including phenoxy) is 1. The summed E-state index contributed by atoms with van der Waals surface area (Å²) in [5.41, 5.74) is 4.23. The van der Waals surface area contributed by atoms with Crippen molar-refractivity contribution in [2.75, 3.05) is 34.4 Å². The average molecular weight is 480 g/mol. The number of carbonyl (C=O) groups excluding carboxylic acids is 1. The number of hydrogen-bond acceptors (Lipinski definition) is 3. The van der Waals surface area contributed by atoms with E-state index in [1.807, 2.05) is 45.4 Å². The summed E-state index contributed by atoms with van der Waals surface area (Å²) < 4.78 is 34.9. The zero-order valence-electron chi connectivity index (χ0n) is 20.3. The molecule has 7 heteroatoms. The second-order valence-electron chi connectivity index (χ2n) is 9.51. The van der Waals surface area contributed by atoms with Crippen LogP contribution in [0.3, 0.4) is 0 Å². The van der Waals surface area contributed by atoms with E-state index < -0.39 is 5.82 Å². The van der Waals surface area contributed by atoms with Gasteiger partial charge in [-0.05, 0) is 47.9 Å². The third-order valence-electron chi connectivity index (χ3n) is 6.05. The van der Waals surface area contributed by atoms with Gasteiger partial charge in [0.2, 0.25) is 0 Å². The molecule has 0 unspecified atom stereocenters. The Morgan fingerprint density at radius 1 is 1.09 bits per heavy atom. The number of aliphatic hydroxyl groups excluding tert-OH is 1. The lowest BCUT2D eigenvalue weighted by Crippen LogP contribution is -2.34. The van der Waals surface area contributed by atoms with Crippen molar-refractivity contribution in [2.24, 2.45) is 0 Å². The van der Waals surface area contributed by atoms with Crippen molar-refractivity contribution in [3.05, 3.63) is 83.1 Å². The van der Waals surface area contributed by atoms with Crippen LogP contribution in [-0.4, -0.2) is 50.2 Å². The molecule has 0 amide bonds. The van der Waals surface area contributed by atoms with E-state index in [-0.39, 0.29) is 37.0 Å². The Hall–Kier alpha value is -3.55. The minimum atomic E-state index is -0.502. The van der Waals surface area contributed by atoms with Gasteiger partial charge in [0, 0.05) is 46.8 Å². The zero-order chi connectivity index (χ0) is 25.3. The number of quaternary nitrogens is 1. The molecule has 0 saturated heterocycles. The fourth-order valence-corrected chi connectivity index (χ4v) is 4.16. The van der Waals surface area contributed by atoms with Crippen LogP contribution >= 0.6 is 0 Å². The van der Waals surface area contributed by atoms with Crippen molar-refractivity contribution in [3.8, 4) is 16.9 Å². The highest BCUT2D eigenvalue weighted by Crippen LogP contribution is 2.36. The molecule has 4 aromatic rings. The van der Waals surface area contributed by atoms with E-state index in [0.29, 0.717) is 37.6 Å². The Balaban J connectivity index is 1.83. The maximum Gasteiger partial charge on any atom is 0.169 e. The quantitative estimate of drug-likeness (QED) is 0.262. The molecular formula is C28H29F2N2O3+. The molecule has 0 aliphatic carbocycles. The molecule has 0 aliphatic rings. The molecule has 182 valence electrons. The van der Waals surface area contributed by atoms with Crippen LogP contribution in [0.25, 0.3) is 22.0 Å². The number of halogens is 2. The first-order chi connectivity index (χ1) is 16.6. The Bertz CT molecular complexity index is 1400. The van der Waals surface area contributed by atoms with Crippen molar-refractivity contribution in [1.82, 2.24) is 9.47 Å². The number of aryl methyl sites for hydroxylation is 1. The van der Waals surface area contributed by atoms with Gasteiger partial charge < -0.3 is 14.8 Å². The first-order valence-electron chi connectivity index (χ1n) is 11.4. The molecule has 4 rings (SSSR count). The number of H-pyrrole nitrogens is 1. The molecule has 0 aliphatic heterocycles. The second-order valence-corrected chi connectivity index (χ2v) is 9.51. The Labute approximate surface area is 203 Å². The normalized spacial score (nSPS) is 11.7. The fraction of sp³-hybridized carbons (Fsp3) is 0.250. The van der Waals surface area contributed by atoms with Crippen LogP contribution in [0.5, 0.6) is 5.75 Å². The van der Waals surface area contributed by atoms with Crippen LogP contribution in [0.1, 0.15) is 21.5 Å². The summed E-state index contributed by atoms with van der Waals surface area (Å²) in [7, 11) is 6.10. The summed E-state index contributed by atoms with van der Waals surface area (Å²) in [5.74, 6) is -0.860. The number of carbonyl (C=O) groups is 1. The van der Waals surface area contributed by atoms with E-state index in [1.54, 1.807) is 19.2 Å². The van der Waals surface area contributed by atoms with Crippen molar-refractivity contribution >= 4 is 22.4 Å². The molecule has 0 bridgehead atoms. The lowest BCUT2D eigenvalue weighted by Gasteiger charge is -2.24. The molecule has 3 aromatic carbocycles. The molecule has 0 radical (unpaired) electrons. The molecule has 0 saturated carbocycles. The topological polar surface area (TPSA) is 62.3 Å². The Kier molecular flexibility index (Phi) is 6.74. The van der Waals surface area contributed by atoms with Gasteiger partial charge in [-0.1, -0.05) is 12.1 Å². The van der Waals surface area contributed by atoms with Gasteiger partial charge in [-0.25, -0.2) is 8.78 Å². The molecule has 1 heterocycles. The third kappa shape index (κ3) is 5.11. The molecular weight excluding hydrogens is 450 g/mol. The number of benzene rings is 3. The first-order valence-corrected chi connectivity index (χ1v) is 11.4. The van der Waals surface area contributed by atoms with Crippen LogP contribution in [0.4, 0.5) is 14.5 Å². The van der Waals surface area contributed by atoms with Gasteiger partial charge in [-0.2, -0.15) is 0 Å². The SMILES string of the molecule is Cc1cc2c(C(=O)Cc3c(OCCO)cc(F)cc3-c3cccc([N+](C)(C)C)c3)c[nH]c2cc1F. The third-order valence-corrected chi connectivity index (χ3v) is 6.05. The van der Waals surface area contributed by atoms with Crippen LogP contribution in [0, 0.1) is 18.6 Å². The van der Waals surface area contributed by atoms with Crippen molar-refractivity contribution in [2.45, 2.75) is 13.3 Å². The van der Waals surface area contributed by atoms with Gasteiger partial charge in [0.05, 0.1) is 27.7 Å². The number of rotatable bonds is 8. The number of Topliss-reactive ketones (excluding diaryl/α,β-unsaturated/α-hetero) is 1. The summed E-state index contributed by atoms with van der Waals surface area (Å²) in [6.45, 7) is 1.37. The van der Waals surface area contributed by atoms with E-state index in [2.05, 4.69) is 4.98 Å². The molecule has 0 spiro atoms.